The average Bonchev–Trinajstić information content (AvgIpc) is 2.79. The van der Waals surface area contributed by atoms with Gasteiger partial charge in [-0.15, -0.1) is 0 Å². The average molecular weight is 262 g/mol. The lowest BCUT2D eigenvalue weighted by atomic mass is 10.2. The van der Waals surface area contributed by atoms with E-state index in [0.717, 1.165) is 57.8 Å². The molecule has 104 valence electrons. The van der Waals surface area contributed by atoms with Gasteiger partial charge in [-0.2, -0.15) is 0 Å². The molecule has 0 amide bonds. The molecule has 0 radical (unpaired) electrons. The zero-order valence-electron chi connectivity index (χ0n) is 11.4. The summed E-state index contributed by atoms with van der Waals surface area (Å²) in [5, 5.41) is 9.04. The van der Waals surface area contributed by atoms with E-state index in [1.54, 1.807) is 6.33 Å². The maximum Gasteiger partial charge on any atom is 0.135 e. The van der Waals surface area contributed by atoms with E-state index in [1.807, 2.05) is 0 Å². The van der Waals surface area contributed by atoms with Crippen LogP contribution in [-0.4, -0.2) is 59.3 Å². The molecule has 0 bridgehead atoms. The molecular weight excluding hydrogens is 240 g/mol. The number of rotatable bonds is 3. The monoisotopic (exact) mass is 262 g/mol. The molecule has 1 aliphatic carbocycles. The fourth-order valence-electron chi connectivity index (χ4n) is 3.16. The SMILES string of the molecule is OCCN1CCCN(c2ncnc3c2CCC3)CC1. The molecule has 5 nitrogen and oxygen atoms in total. The number of hydrogen-bond donors (Lipinski definition) is 1. The van der Waals surface area contributed by atoms with Crippen LogP contribution in [0.5, 0.6) is 0 Å². The molecule has 1 N–H and O–H groups in total. The van der Waals surface area contributed by atoms with Crippen molar-refractivity contribution in [3.63, 3.8) is 0 Å². The van der Waals surface area contributed by atoms with Crippen molar-refractivity contribution in [3.05, 3.63) is 17.6 Å². The number of β-amino-alcohol motifs (C(OH)–C–C–N with tert-alkyl or cyclic N) is 1. The highest BCUT2D eigenvalue weighted by molar-refractivity contribution is 5.50. The van der Waals surface area contributed by atoms with Crippen molar-refractivity contribution in [2.45, 2.75) is 25.7 Å². The molecule has 1 saturated heterocycles. The van der Waals surface area contributed by atoms with Gasteiger partial charge in [0.25, 0.3) is 0 Å². The number of fused-ring (bicyclic) bond motifs is 1. The van der Waals surface area contributed by atoms with Crippen LogP contribution < -0.4 is 4.90 Å². The largest absolute Gasteiger partial charge is 0.395 e. The van der Waals surface area contributed by atoms with Crippen LogP contribution in [0.4, 0.5) is 5.82 Å². The fraction of sp³-hybridized carbons (Fsp3) is 0.714. The predicted octanol–water partition coefficient (Wildman–Crippen LogP) is 0.470. The molecular formula is C14H22N4O. The van der Waals surface area contributed by atoms with Gasteiger partial charge in [0.15, 0.2) is 0 Å². The number of nitrogens with zero attached hydrogens (tertiary/aromatic N) is 4. The van der Waals surface area contributed by atoms with Gasteiger partial charge in [0, 0.05) is 37.4 Å². The summed E-state index contributed by atoms with van der Waals surface area (Å²) in [5.74, 6) is 1.16. The van der Waals surface area contributed by atoms with Gasteiger partial charge in [0.2, 0.25) is 0 Å². The van der Waals surface area contributed by atoms with Gasteiger partial charge in [-0.05, 0) is 32.2 Å². The lowest BCUT2D eigenvalue weighted by Crippen LogP contribution is -2.33. The minimum Gasteiger partial charge on any atom is -0.395 e. The number of aliphatic hydroxyl groups is 1. The van der Waals surface area contributed by atoms with E-state index in [4.69, 9.17) is 5.11 Å². The number of anilines is 1. The summed E-state index contributed by atoms with van der Waals surface area (Å²) in [7, 11) is 0. The van der Waals surface area contributed by atoms with Crippen LogP contribution in [0, 0.1) is 0 Å². The molecule has 0 saturated carbocycles. The Hall–Kier alpha value is -1.20. The molecule has 0 unspecified atom stereocenters. The van der Waals surface area contributed by atoms with E-state index in [9.17, 15) is 0 Å². The Morgan fingerprint density at radius 1 is 1.05 bits per heavy atom. The molecule has 1 aromatic heterocycles. The highest BCUT2D eigenvalue weighted by Crippen LogP contribution is 2.28. The Bertz CT molecular complexity index is 437. The summed E-state index contributed by atoms with van der Waals surface area (Å²) < 4.78 is 0. The smallest absolute Gasteiger partial charge is 0.135 e. The molecule has 1 aromatic rings. The van der Waals surface area contributed by atoms with Crippen molar-refractivity contribution in [3.8, 4) is 0 Å². The molecule has 0 spiro atoms. The Labute approximate surface area is 114 Å². The molecule has 2 heterocycles. The third-order valence-corrected chi connectivity index (χ3v) is 4.16. The fourth-order valence-corrected chi connectivity index (χ4v) is 3.16. The summed E-state index contributed by atoms with van der Waals surface area (Å²) in [6.45, 7) is 5.19. The van der Waals surface area contributed by atoms with Gasteiger partial charge in [-0.25, -0.2) is 9.97 Å². The van der Waals surface area contributed by atoms with Crippen molar-refractivity contribution in [1.29, 1.82) is 0 Å². The van der Waals surface area contributed by atoms with Crippen molar-refractivity contribution < 1.29 is 5.11 Å². The van der Waals surface area contributed by atoms with Crippen molar-refractivity contribution >= 4 is 5.82 Å². The molecule has 19 heavy (non-hydrogen) atoms. The Balaban J connectivity index is 1.74. The van der Waals surface area contributed by atoms with Gasteiger partial charge >= 0.3 is 0 Å². The molecule has 0 aromatic carbocycles. The van der Waals surface area contributed by atoms with Gasteiger partial charge in [-0.3, -0.25) is 4.90 Å². The van der Waals surface area contributed by atoms with Crippen LogP contribution in [0.25, 0.3) is 0 Å². The van der Waals surface area contributed by atoms with Gasteiger partial charge < -0.3 is 10.0 Å². The van der Waals surface area contributed by atoms with E-state index in [0.29, 0.717) is 0 Å². The second-order valence-corrected chi connectivity index (χ2v) is 5.38. The molecule has 1 aliphatic heterocycles. The maximum atomic E-state index is 9.04. The topological polar surface area (TPSA) is 52.5 Å². The Kier molecular flexibility index (Phi) is 3.94. The zero-order chi connectivity index (χ0) is 13.1. The summed E-state index contributed by atoms with van der Waals surface area (Å²) in [5.41, 5.74) is 2.62. The van der Waals surface area contributed by atoms with E-state index in [-0.39, 0.29) is 6.61 Å². The van der Waals surface area contributed by atoms with Crippen molar-refractivity contribution in [2.75, 3.05) is 44.2 Å². The second-order valence-electron chi connectivity index (χ2n) is 5.38. The molecule has 1 fully saturated rings. The summed E-state index contributed by atoms with van der Waals surface area (Å²) in [4.78, 5) is 13.7. The molecule has 5 heteroatoms. The first kappa shape index (κ1) is 12.8. The van der Waals surface area contributed by atoms with Crippen molar-refractivity contribution in [2.24, 2.45) is 0 Å². The predicted molar refractivity (Wildman–Crippen MR) is 74.4 cm³/mol. The normalized spacial score (nSPS) is 20.4. The Morgan fingerprint density at radius 3 is 2.89 bits per heavy atom. The number of aryl methyl sites for hydroxylation is 1. The number of hydrogen-bond acceptors (Lipinski definition) is 5. The van der Waals surface area contributed by atoms with Gasteiger partial charge in [0.1, 0.15) is 12.1 Å². The first-order valence-electron chi connectivity index (χ1n) is 7.29. The van der Waals surface area contributed by atoms with E-state index < -0.39 is 0 Å². The first-order valence-corrected chi connectivity index (χ1v) is 7.29. The third kappa shape index (κ3) is 2.72. The van der Waals surface area contributed by atoms with Crippen LogP contribution in [-0.2, 0) is 12.8 Å². The van der Waals surface area contributed by atoms with Crippen LogP contribution in [0.3, 0.4) is 0 Å². The van der Waals surface area contributed by atoms with Crippen LogP contribution in [0.15, 0.2) is 6.33 Å². The van der Waals surface area contributed by atoms with E-state index >= 15 is 0 Å². The molecule has 2 aliphatic rings. The summed E-state index contributed by atoms with van der Waals surface area (Å²) in [6, 6.07) is 0. The molecule has 3 rings (SSSR count). The number of aromatic nitrogens is 2. The number of aliphatic hydroxyl groups excluding tert-OH is 1. The summed E-state index contributed by atoms with van der Waals surface area (Å²) >= 11 is 0. The highest BCUT2D eigenvalue weighted by atomic mass is 16.3. The minimum atomic E-state index is 0.253. The minimum absolute atomic E-state index is 0.253. The second kappa shape index (κ2) is 5.84. The van der Waals surface area contributed by atoms with Crippen LogP contribution in [0.1, 0.15) is 24.1 Å². The third-order valence-electron chi connectivity index (χ3n) is 4.16. The summed E-state index contributed by atoms with van der Waals surface area (Å²) in [6.07, 6.45) is 6.30. The Morgan fingerprint density at radius 2 is 2.00 bits per heavy atom. The first-order chi connectivity index (χ1) is 9.38. The maximum absolute atomic E-state index is 9.04. The van der Waals surface area contributed by atoms with Crippen LogP contribution in [0.2, 0.25) is 0 Å². The van der Waals surface area contributed by atoms with Crippen LogP contribution >= 0.6 is 0 Å². The van der Waals surface area contributed by atoms with Crippen molar-refractivity contribution in [1.82, 2.24) is 14.9 Å². The zero-order valence-corrected chi connectivity index (χ0v) is 11.4. The standard InChI is InChI=1S/C14H22N4O/c19-10-9-17-5-2-6-18(8-7-17)14-12-3-1-4-13(12)15-11-16-14/h11,19H,1-10H2. The van der Waals surface area contributed by atoms with Gasteiger partial charge in [0.05, 0.1) is 6.61 Å². The van der Waals surface area contributed by atoms with Gasteiger partial charge in [-0.1, -0.05) is 0 Å². The van der Waals surface area contributed by atoms with E-state index in [1.165, 1.54) is 17.7 Å². The lowest BCUT2D eigenvalue weighted by molar-refractivity contribution is 0.204. The quantitative estimate of drug-likeness (QED) is 0.858. The van der Waals surface area contributed by atoms with E-state index in [2.05, 4.69) is 19.8 Å². The lowest BCUT2D eigenvalue weighted by Gasteiger charge is -2.24. The highest BCUT2D eigenvalue weighted by Gasteiger charge is 2.22. The molecule has 0 atom stereocenters.